The number of furan rings is 1. The molecule has 2 N–H and O–H groups in total. The van der Waals surface area contributed by atoms with Crippen LogP contribution in [0.2, 0.25) is 0 Å². The fraction of sp³-hybridized carbons (Fsp3) is 0.650. The molecule has 8 heteroatoms. The van der Waals surface area contributed by atoms with Crippen molar-refractivity contribution in [2.45, 2.75) is 77.9 Å². The monoisotopic (exact) mass is 500 g/mol. The minimum Gasteiger partial charge on any atom is -0.469 e. The van der Waals surface area contributed by atoms with Crippen LogP contribution >= 0.6 is 24.0 Å². The van der Waals surface area contributed by atoms with E-state index in [1.807, 2.05) is 12.1 Å². The fourth-order valence-electron chi connectivity index (χ4n) is 3.09. The molecule has 0 saturated heterocycles. The third-order valence-corrected chi connectivity index (χ3v) is 4.94. The van der Waals surface area contributed by atoms with Gasteiger partial charge in [0.15, 0.2) is 11.8 Å². The van der Waals surface area contributed by atoms with E-state index in [4.69, 9.17) is 9.41 Å². The first-order chi connectivity index (χ1) is 13.0. The summed E-state index contributed by atoms with van der Waals surface area (Å²) in [6.07, 6.45) is 5.54. The maximum absolute atomic E-state index is 5.40. The molecule has 3 heterocycles. The predicted molar refractivity (Wildman–Crippen MR) is 122 cm³/mol. The van der Waals surface area contributed by atoms with Crippen molar-refractivity contribution in [3.05, 3.63) is 35.8 Å². The van der Waals surface area contributed by atoms with Crippen LogP contribution in [-0.4, -0.2) is 39.4 Å². The van der Waals surface area contributed by atoms with Gasteiger partial charge in [0.25, 0.3) is 0 Å². The second kappa shape index (κ2) is 10.8. The van der Waals surface area contributed by atoms with Crippen molar-refractivity contribution in [2.75, 3.05) is 6.54 Å². The summed E-state index contributed by atoms with van der Waals surface area (Å²) in [5, 5.41) is 11.8. The summed E-state index contributed by atoms with van der Waals surface area (Å²) in [5.41, 5.74) is 0. The van der Waals surface area contributed by atoms with Crippen molar-refractivity contribution in [1.82, 2.24) is 25.4 Å². The van der Waals surface area contributed by atoms with Crippen LogP contribution in [0, 0.1) is 0 Å². The molecule has 2 aromatic heterocycles. The topological polar surface area (TPSA) is 80.3 Å². The lowest BCUT2D eigenvalue weighted by molar-refractivity contribution is 0.390. The first-order valence-electron chi connectivity index (χ1n) is 10.1. The van der Waals surface area contributed by atoms with E-state index >= 15 is 0 Å². The van der Waals surface area contributed by atoms with Crippen molar-refractivity contribution in [1.29, 1.82) is 0 Å². The van der Waals surface area contributed by atoms with Crippen LogP contribution in [0.25, 0.3) is 0 Å². The Labute approximate surface area is 184 Å². The van der Waals surface area contributed by atoms with Gasteiger partial charge in [-0.1, -0.05) is 20.8 Å². The molecule has 0 fully saturated rings. The van der Waals surface area contributed by atoms with Gasteiger partial charge < -0.3 is 15.1 Å². The molecular weight excluding hydrogens is 467 g/mol. The van der Waals surface area contributed by atoms with Crippen LogP contribution in [-0.2, 0) is 19.4 Å². The lowest BCUT2D eigenvalue weighted by atomic mass is 10.1. The Morgan fingerprint density at radius 3 is 2.89 bits per heavy atom. The number of halogens is 1. The second-order valence-corrected chi connectivity index (χ2v) is 7.62. The Kier molecular flexibility index (Phi) is 8.78. The molecule has 0 amide bonds. The number of aryl methyl sites for hydroxylation is 1. The molecule has 1 aliphatic heterocycles. The summed E-state index contributed by atoms with van der Waals surface area (Å²) < 4.78 is 7.46. The van der Waals surface area contributed by atoms with Gasteiger partial charge in [0.1, 0.15) is 11.6 Å². The van der Waals surface area contributed by atoms with Gasteiger partial charge in [-0.05, 0) is 31.9 Å². The SMILES string of the molecule is CCC(C)NC(=NCCc1ccco1)NC1CCc2nc(C(C)C)nn2C1.I. The lowest BCUT2D eigenvalue weighted by Gasteiger charge is -2.26. The van der Waals surface area contributed by atoms with Gasteiger partial charge in [0, 0.05) is 37.4 Å². The van der Waals surface area contributed by atoms with Crippen molar-refractivity contribution in [3.63, 3.8) is 0 Å². The first-order valence-corrected chi connectivity index (χ1v) is 10.1. The molecule has 0 bridgehead atoms. The highest BCUT2D eigenvalue weighted by Gasteiger charge is 2.23. The van der Waals surface area contributed by atoms with Gasteiger partial charge in [-0.15, -0.1) is 24.0 Å². The summed E-state index contributed by atoms with van der Waals surface area (Å²) in [4.78, 5) is 9.43. The molecule has 1 aliphatic rings. The molecule has 0 radical (unpaired) electrons. The number of rotatable bonds is 7. The highest BCUT2D eigenvalue weighted by molar-refractivity contribution is 14.0. The summed E-state index contributed by atoms with van der Waals surface area (Å²) in [6, 6.07) is 4.58. The molecule has 2 unspecified atom stereocenters. The largest absolute Gasteiger partial charge is 0.469 e. The average Bonchev–Trinajstić information content (AvgIpc) is 3.30. The number of guanidine groups is 1. The Balaban J connectivity index is 0.00000280. The third kappa shape index (κ3) is 6.22. The molecule has 0 aromatic carbocycles. The number of aromatic nitrogens is 3. The van der Waals surface area contributed by atoms with Crippen molar-refractivity contribution >= 4 is 29.9 Å². The fourth-order valence-corrected chi connectivity index (χ4v) is 3.09. The maximum atomic E-state index is 5.40. The molecule has 0 saturated carbocycles. The van der Waals surface area contributed by atoms with E-state index in [0.717, 1.165) is 55.6 Å². The average molecular weight is 500 g/mol. The molecule has 2 atom stereocenters. The zero-order valence-corrected chi connectivity index (χ0v) is 19.6. The Hall–Kier alpha value is -1.58. The number of fused-ring (bicyclic) bond motifs is 1. The van der Waals surface area contributed by atoms with E-state index in [-0.39, 0.29) is 24.0 Å². The Morgan fingerprint density at radius 1 is 1.39 bits per heavy atom. The van der Waals surface area contributed by atoms with Crippen molar-refractivity contribution in [2.24, 2.45) is 4.99 Å². The number of aliphatic imine (C=N–C) groups is 1. The minimum atomic E-state index is 0. The van der Waals surface area contributed by atoms with Gasteiger partial charge in [-0.3, -0.25) is 4.99 Å². The standard InChI is InChI=1S/C20H32N6O.HI/c1-5-15(4)22-20(21-11-10-17-7-6-12-27-17)23-16-8-9-18-24-19(14(2)3)25-26(18)13-16;/h6-7,12,14-16H,5,8-11,13H2,1-4H3,(H2,21,22,23);1H. The third-order valence-electron chi connectivity index (χ3n) is 4.94. The van der Waals surface area contributed by atoms with Crippen LogP contribution in [0.15, 0.2) is 27.8 Å². The van der Waals surface area contributed by atoms with Crippen LogP contribution in [0.3, 0.4) is 0 Å². The summed E-state index contributed by atoms with van der Waals surface area (Å²) in [5.74, 6) is 4.24. The quantitative estimate of drug-likeness (QED) is 0.346. The van der Waals surface area contributed by atoms with Gasteiger partial charge in [0.05, 0.1) is 12.8 Å². The number of hydrogen-bond acceptors (Lipinski definition) is 4. The molecule has 2 aromatic rings. The van der Waals surface area contributed by atoms with Crippen molar-refractivity contribution < 1.29 is 4.42 Å². The van der Waals surface area contributed by atoms with Gasteiger partial charge in [-0.2, -0.15) is 5.10 Å². The lowest BCUT2D eigenvalue weighted by Crippen LogP contribution is -2.49. The smallest absolute Gasteiger partial charge is 0.191 e. The number of nitrogens with zero attached hydrogens (tertiary/aromatic N) is 4. The molecule has 7 nitrogen and oxygen atoms in total. The molecular formula is C20H33IN6O. The van der Waals surface area contributed by atoms with Gasteiger partial charge in [0.2, 0.25) is 0 Å². The van der Waals surface area contributed by atoms with Gasteiger partial charge >= 0.3 is 0 Å². The summed E-state index contributed by atoms with van der Waals surface area (Å²) in [7, 11) is 0. The zero-order chi connectivity index (χ0) is 19.2. The summed E-state index contributed by atoms with van der Waals surface area (Å²) in [6.45, 7) is 10.1. The molecule has 0 spiro atoms. The normalized spacial score (nSPS) is 17.8. The number of hydrogen-bond donors (Lipinski definition) is 2. The van der Waals surface area contributed by atoms with E-state index in [1.165, 1.54) is 0 Å². The zero-order valence-electron chi connectivity index (χ0n) is 17.3. The minimum absolute atomic E-state index is 0. The highest BCUT2D eigenvalue weighted by Crippen LogP contribution is 2.17. The van der Waals surface area contributed by atoms with E-state index in [1.54, 1.807) is 6.26 Å². The Morgan fingerprint density at radius 2 is 2.21 bits per heavy atom. The van der Waals surface area contributed by atoms with E-state index in [9.17, 15) is 0 Å². The van der Waals surface area contributed by atoms with Crippen LogP contribution in [0.1, 0.15) is 63.9 Å². The molecule has 156 valence electrons. The summed E-state index contributed by atoms with van der Waals surface area (Å²) >= 11 is 0. The highest BCUT2D eigenvalue weighted by atomic mass is 127. The molecule has 0 aliphatic carbocycles. The van der Waals surface area contributed by atoms with E-state index in [0.29, 0.717) is 24.5 Å². The Bertz CT molecular complexity index is 740. The van der Waals surface area contributed by atoms with E-state index in [2.05, 4.69) is 53.1 Å². The van der Waals surface area contributed by atoms with Crippen LogP contribution < -0.4 is 10.6 Å². The predicted octanol–water partition coefficient (Wildman–Crippen LogP) is 3.50. The molecule has 28 heavy (non-hydrogen) atoms. The second-order valence-electron chi connectivity index (χ2n) is 7.62. The van der Waals surface area contributed by atoms with Crippen molar-refractivity contribution in [3.8, 4) is 0 Å². The van der Waals surface area contributed by atoms with Crippen LogP contribution in [0.4, 0.5) is 0 Å². The van der Waals surface area contributed by atoms with Gasteiger partial charge in [-0.25, -0.2) is 9.67 Å². The van der Waals surface area contributed by atoms with E-state index < -0.39 is 0 Å². The molecule has 3 rings (SSSR count). The number of nitrogens with one attached hydrogen (secondary N) is 2. The maximum Gasteiger partial charge on any atom is 0.191 e. The first kappa shape index (κ1) is 22.7. The van der Waals surface area contributed by atoms with Crippen LogP contribution in [0.5, 0.6) is 0 Å².